The summed E-state index contributed by atoms with van der Waals surface area (Å²) < 4.78 is 27.5. The van der Waals surface area contributed by atoms with Crippen LogP contribution in [0.3, 0.4) is 0 Å². The number of sulfonamides is 1. The maximum absolute atomic E-state index is 12.7. The van der Waals surface area contributed by atoms with Gasteiger partial charge in [0.2, 0.25) is 10.0 Å². The molecular formula is C17H17BrN2O4S. The van der Waals surface area contributed by atoms with Crippen LogP contribution in [0.15, 0.2) is 57.9 Å². The molecule has 1 amide bonds. The van der Waals surface area contributed by atoms with Crippen LogP contribution in [0.25, 0.3) is 0 Å². The Balaban J connectivity index is 1.70. The topological polar surface area (TPSA) is 77.9 Å². The van der Waals surface area contributed by atoms with Gasteiger partial charge in [0.1, 0.15) is 5.75 Å². The number of carbonyl (C=O) groups excluding carboxylic acids is 1. The van der Waals surface area contributed by atoms with E-state index in [1.165, 1.54) is 10.4 Å². The number of carbonyl (C=O) groups is 1. The first-order valence-corrected chi connectivity index (χ1v) is 9.96. The molecule has 2 aromatic rings. The van der Waals surface area contributed by atoms with Crippen molar-refractivity contribution in [2.75, 3.05) is 26.2 Å². The summed E-state index contributed by atoms with van der Waals surface area (Å²) in [5, 5.41) is 9.81. The Hall–Kier alpha value is -1.90. The molecule has 25 heavy (non-hydrogen) atoms. The van der Waals surface area contributed by atoms with Gasteiger partial charge in [-0.15, -0.1) is 0 Å². The number of nitrogens with zero attached hydrogens (tertiary/aromatic N) is 2. The average molecular weight is 425 g/mol. The van der Waals surface area contributed by atoms with Crippen LogP contribution in [0.5, 0.6) is 5.75 Å². The number of rotatable bonds is 3. The van der Waals surface area contributed by atoms with Crippen LogP contribution in [0.2, 0.25) is 0 Å². The highest BCUT2D eigenvalue weighted by Crippen LogP contribution is 2.22. The van der Waals surface area contributed by atoms with Crippen molar-refractivity contribution in [1.82, 2.24) is 9.21 Å². The molecule has 0 aliphatic carbocycles. The highest BCUT2D eigenvalue weighted by molar-refractivity contribution is 9.10. The fourth-order valence-corrected chi connectivity index (χ4v) is 4.40. The third-order valence-corrected chi connectivity index (χ3v) is 6.55. The van der Waals surface area contributed by atoms with Crippen LogP contribution in [-0.4, -0.2) is 54.8 Å². The van der Waals surface area contributed by atoms with Crippen molar-refractivity contribution >= 4 is 31.9 Å². The van der Waals surface area contributed by atoms with E-state index in [2.05, 4.69) is 15.9 Å². The predicted octanol–water partition coefficient (Wildman–Crippen LogP) is 2.30. The summed E-state index contributed by atoms with van der Waals surface area (Å²) in [6.07, 6.45) is 0. The number of piperazine rings is 1. The van der Waals surface area contributed by atoms with E-state index in [-0.39, 0.29) is 48.3 Å². The van der Waals surface area contributed by atoms with Gasteiger partial charge in [-0.25, -0.2) is 8.42 Å². The lowest BCUT2D eigenvalue weighted by Gasteiger charge is -2.34. The number of aromatic hydroxyl groups is 1. The smallest absolute Gasteiger partial charge is 0.257 e. The standard InChI is InChI=1S/C17H17BrN2O4S/c18-13-5-7-14(8-6-13)25(23,24)20-11-9-19(10-12-20)17(22)15-3-1-2-4-16(15)21/h1-8,21H,9-12H2. The molecule has 0 unspecified atom stereocenters. The van der Waals surface area contributed by atoms with Crippen LogP contribution in [0.4, 0.5) is 0 Å². The van der Waals surface area contributed by atoms with Crippen molar-refractivity contribution < 1.29 is 18.3 Å². The number of benzene rings is 2. The number of amides is 1. The molecule has 3 rings (SSSR count). The van der Waals surface area contributed by atoms with Gasteiger partial charge in [0.15, 0.2) is 0 Å². The van der Waals surface area contributed by atoms with Gasteiger partial charge in [0.25, 0.3) is 5.91 Å². The lowest BCUT2D eigenvalue weighted by atomic mass is 10.1. The Kier molecular flexibility index (Phi) is 5.12. The van der Waals surface area contributed by atoms with Crippen LogP contribution in [0, 0.1) is 0 Å². The first-order chi connectivity index (χ1) is 11.9. The summed E-state index contributed by atoms with van der Waals surface area (Å²) in [6, 6.07) is 12.8. The third-order valence-electron chi connectivity index (χ3n) is 4.11. The summed E-state index contributed by atoms with van der Waals surface area (Å²) in [5.74, 6) is -0.365. The number of phenols is 1. The zero-order valence-electron chi connectivity index (χ0n) is 13.3. The molecule has 0 aromatic heterocycles. The van der Waals surface area contributed by atoms with Crippen molar-refractivity contribution in [3.8, 4) is 5.75 Å². The van der Waals surface area contributed by atoms with Gasteiger partial charge in [0, 0.05) is 30.7 Å². The van der Waals surface area contributed by atoms with Crippen LogP contribution in [0.1, 0.15) is 10.4 Å². The van der Waals surface area contributed by atoms with Crippen molar-refractivity contribution in [1.29, 1.82) is 0 Å². The first-order valence-electron chi connectivity index (χ1n) is 7.72. The highest BCUT2D eigenvalue weighted by atomic mass is 79.9. The quantitative estimate of drug-likeness (QED) is 0.819. The fraction of sp³-hybridized carbons (Fsp3) is 0.235. The Bertz CT molecular complexity index is 876. The van der Waals surface area contributed by atoms with Gasteiger partial charge < -0.3 is 10.0 Å². The first kappa shape index (κ1) is 17.9. The largest absolute Gasteiger partial charge is 0.507 e. The van der Waals surface area contributed by atoms with Crippen molar-refractivity contribution in [3.05, 3.63) is 58.6 Å². The monoisotopic (exact) mass is 424 g/mol. The molecule has 1 aliphatic heterocycles. The SMILES string of the molecule is O=C(c1ccccc1O)N1CCN(S(=O)(=O)c2ccc(Br)cc2)CC1. The molecule has 0 bridgehead atoms. The zero-order valence-corrected chi connectivity index (χ0v) is 15.7. The average Bonchev–Trinajstić information content (AvgIpc) is 2.62. The highest BCUT2D eigenvalue weighted by Gasteiger charge is 2.30. The van der Waals surface area contributed by atoms with Gasteiger partial charge in [-0.1, -0.05) is 28.1 Å². The fourth-order valence-electron chi connectivity index (χ4n) is 2.71. The molecule has 1 heterocycles. The van der Waals surface area contributed by atoms with Crippen LogP contribution in [-0.2, 0) is 10.0 Å². The molecule has 2 aromatic carbocycles. The van der Waals surface area contributed by atoms with E-state index in [1.807, 2.05) is 0 Å². The Morgan fingerprint density at radius 2 is 1.56 bits per heavy atom. The van der Waals surface area contributed by atoms with Crippen LogP contribution < -0.4 is 0 Å². The van der Waals surface area contributed by atoms with Gasteiger partial charge >= 0.3 is 0 Å². The number of hydrogen-bond donors (Lipinski definition) is 1. The number of phenolic OH excluding ortho intramolecular Hbond substituents is 1. The molecule has 8 heteroatoms. The molecule has 0 atom stereocenters. The number of para-hydroxylation sites is 1. The second kappa shape index (κ2) is 7.15. The van der Waals surface area contributed by atoms with Crippen LogP contribution >= 0.6 is 15.9 Å². The Labute approximate surface area is 154 Å². The van der Waals surface area contributed by atoms with E-state index in [9.17, 15) is 18.3 Å². The molecule has 0 spiro atoms. The minimum absolute atomic E-state index is 0.0718. The lowest BCUT2D eigenvalue weighted by molar-refractivity contribution is 0.0695. The van der Waals surface area contributed by atoms with Crippen molar-refractivity contribution in [2.45, 2.75) is 4.90 Å². The molecule has 0 radical (unpaired) electrons. The molecule has 1 aliphatic rings. The van der Waals surface area contributed by atoms with E-state index in [0.717, 1.165) is 4.47 Å². The summed E-state index contributed by atoms with van der Waals surface area (Å²) in [6.45, 7) is 1.00. The van der Waals surface area contributed by atoms with Crippen molar-refractivity contribution in [3.63, 3.8) is 0 Å². The molecule has 132 valence electrons. The molecule has 1 saturated heterocycles. The molecular weight excluding hydrogens is 408 g/mol. The van der Waals surface area contributed by atoms with E-state index < -0.39 is 10.0 Å². The van der Waals surface area contributed by atoms with Gasteiger partial charge in [-0.3, -0.25) is 4.79 Å². The third kappa shape index (κ3) is 3.70. The minimum atomic E-state index is -3.58. The maximum Gasteiger partial charge on any atom is 0.257 e. The second-order valence-electron chi connectivity index (χ2n) is 5.67. The second-order valence-corrected chi connectivity index (χ2v) is 8.52. The number of hydrogen-bond acceptors (Lipinski definition) is 4. The van der Waals surface area contributed by atoms with E-state index in [4.69, 9.17) is 0 Å². The molecule has 1 N–H and O–H groups in total. The van der Waals surface area contributed by atoms with Gasteiger partial charge in [-0.2, -0.15) is 4.31 Å². The van der Waals surface area contributed by atoms with E-state index in [0.29, 0.717) is 0 Å². The minimum Gasteiger partial charge on any atom is -0.507 e. The zero-order chi connectivity index (χ0) is 18.0. The summed E-state index contributed by atoms with van der Waals surface area (Å²) in [5.41, 5.74) is 0.228. The number of halogens is 1. The summed E-state index contributed by atoms with van der Waals surface area (Å²) in [7, 11) is -3.58. The predicted molar refractivity (Wildman–Crippen MR) is 96.9 cm³/mol. The molecule has 1 fully saturated rings. The maximum atomic E-state index is 12.7. The summed E-state index contributed by atoms with van der Waals surface area (Å²) in [4.78, 5) is 14.3. The Morgan fingerprint density at radius 3 is 2.16 bits per heavy atom. The lowest BCUT2D eigenvalue weighted by Crippen LogP contribution is -2.50. The van der Waals surface area contributed by atoms with Crippen molar-refractivity contribution in [2.24, 2.45) is 0 Å². The van der Waals surface area contributed by atoms with E-state index in [1.54, 1.807) is 47.4 Å². The van der Waals surface area contributed by atoms with Gasteiger partial charge in [-0.05, 0) is 36.4 Å². The molecule has 0 saturated carbocycles. The molecule has 6 nitrogen and oxygen atoms in total. The summed E-state index contributed by atoms with van der Waals surface area (Å²) >= 11 is 3.29. The normalized spacial score (nSPS) is 16.0. The van der Waals surface area contributed by atoms with Gasteiger partial charge in [0.05, 0.1) is 10.5 Å². The Morgan fingerprint density at radius 1 is 0.960 bits per heavy atom. The van der Waals surface area contributed by atoms with E-state index >= 15 is 0 Å².